The molecule has 1 aromatic carbocycles. The van der Waals surface area contributed by atoms with Crippen LogP contribution in [0.15, 0.2) is 53.2 Å². The van der Waals surface area contributed by atoms with E-state index < -0.39 is 0 Å². The number of rotatable bonds is 4. The third kappa shape index (κ3) is 3.17. The number of benzene rings is 1. The molecule has 6 nitrogen and oxygen atoms in total. The fourth-order valence-electron chi connectivity index (χ4n) is 3.87. The molecule has 1 unspecified atom stereocenters. The van der Waals surface area contributed by atoms with E-state index in [9.17, 15) is 0 Å². The molecule has 1 aliphatic heterocycles. The highest BCUT2D eigenvalue weighted by atomic mass is 16.5. The first-order valence-electron chi connectivity index (χ1n) is 9.41. The molecular weight excluding hydrogens is 340 g/mol. The maximum Gasteiger partial charge on any atom is 0.232 e. The number of nitrogens with zero attached hydrogens (tertiary/aromatic N) is 4. The van der Waals surface area contributed by atoms with Gasteiger partial charge in [0, 0.05) is 36.3 Å². The van der Waals surface area contributed by atoms with Crippen LogP contribution in [-0.4, -0.2) is 46.2 Å². The van der Waals surface area contributed by atoms with Crippen LogP contribution in [-0.2, 0) is 0 Å². The molecule has 1 fully saturated rings. The van der Waals surface area contributed by atoms with E-state index in [1.807, 2.05) is 42.6 Å². The summed E-state index contributed by atoms with van der Waals surface area (Å²) in [4.78, 5) is 6.81. The molecule has 3 aromatic heterocycles. The Hall–Kier alpha value is -2.86. The molecule has 1 aliphatic rings. The molecule has 27 heavy (non-hydrogen) atoms. The molecule has 5 rings (SSSR count). The summed E-state index contributed by atoms with van der Waals surface area (Å²) < 4.78 is 13.9. The molecule has 6 heteroatoms. The summed E-state index contributed by atoms with van der Waals surface area (Å²) in [5.74, 6) is 1.92. The predicted octanol–water partition coefficient (Wildman–Crippen LogP) is 3.86. The van der Waals surface area contributed by atoms with Gasteiger partial charge in [0.2, 0.25) is 5.88 Å². The lowest BCUT2D eigenvalue weighted by Gasteiger charge is -2.29. The first kappa shape index (κ1) is 16.3. The Morgan fingerprint density at radius 3 is 3.07 bits per heavy atom. The third-order valence-electron chi connectivity index (χ3n) is 5.22. The van der Waals surface area contributed by atoms with Gasteiger partial charge in [-0.1, -0.05) is 18.2 Å². The van der Waals surface area contributed by atoms with Gasteiger partial charge in [-0.2, -0.15) is 0 Å². The van der Waals surface area contributed by atoms with Gasteiger partial charge in [-0.05, 0) is 38.6 Å². The molecule has 0 bridgehead atoms. The van der Waals surface area contributed by atoms with Crippen LogP contribution < -0.4 is 4.74 Å². The molecule has 0 aliphatic carbocycles. The second-order valence-corrected chi connectivity index (χ2v) is 7.32. The van der Waals surface area contributed by atoms with Crippen LogP contribution in [0.2, 0.25) is 0 Å². The van der Waals surface area contributed by atoms with Crippen molar-refractivity contribution in [1.82, 2.24) is 19.5 Å². The molecule has 1 saturated heterocycles. The molecule has 4 heterocycles. The van der Waals surface area contributed by atoms with Crippen molar-refractivity contribution < 1.29 is 9.15 Å². The number of hydrogen-bond acceptors (Lipinski definition) is 5. The Kier molecular flexibility index (Phi) is 4.05. The van der Waals surface area contributed by atoms with E-state index in [-0.39, 0.29) is 0 Å². The summed E-state index contributed by atoms with van der Waals surface area (Å²) in [5, 5.41) is 5.63. The largest absolute Gasteiger partial charge is 0.476 e. The number of hydrogen-bond donors (Lipinski definition) is 0. The van der Waals surface area contributed by atoms with Crippen molar-refractivity contribution in [3.05, 3.63) is 48.8 Å². The van der Waals surface area contributed by atoms with Crippen LogP contribution in [0, 0.1) is 5.92 Å². The third-order valence-corrected chi connectivity index (χ3v) is 5.22. The van der Waals surface area contributed by atoms with Crippen LogP contribution in [0.1, 0.15) is 12.8 Å². The lowest BCUT2D eigenvalue weighted by Crippen LogP contribution is -2.34. The van der Waals surface area contributed by atoms with Crippen molar-refractivity contribution in [2.24, 2.45) is 5.92 Å². The summed E-state index contributed by atoms with van der Waals surface area (Å²) in [6.45, 7) is 2.92. The maximum atomic E-state index is 6.08. The van der Waals surface area contributed by atoms with Gasteiger partial charge < -0.3 is 14.1 Å². The Balaban J connectivity index is 1.47. The molecule has 0 amide bonds. The van der Waals surface area contributed by atoms with Gasteiger partial charge in [0.05, 0.1) is 12.2 Å². The fourth-order valence-corrected chi connectivity index (χ4v) is 3.87. The standard InChI is InChI=1S/C21H22N4O2/c1-24-9-4-5-15(13-24)14-26-20-12-17(21-22-8-10-25(21)23-20)19-11-16-6-2-3-7-18(16)27-19/h2-3,6-8,10-12,15H,4-5,9,13-14H2,1H3. The van der Waals surface area contributed by atoms with Gasteiger partial charge in [0.1, 0.15) is 11.3 Å². The number of imidazole rings is 1. The van der Waals surface area contributed by atoms with Crippen molar-refractivity contribution in [3.63, 3.8) is 0 Å². The van der Waals surface area contributed by atoms with Crippen molar-refractivity contribution in [3.8, 4) is 17.2 Å². The second kappa shape index (κ2) is 6.70. The van der Waals surface area contributed by atoms with Gasteiger partial charge in [-0.3, -0.25) is 0 Å². The fraction of sp³-hybridized carbons (Fsp3) is 0.333. The van der Waals surface area contributed by atoms with Crippen molar-refractivity contribution in [2.45, 2.75) is 12.8 Å². The average molecular weight is 362 g/mol. The SMILES string of the molecule is CN1CCCC(COc2cc(-c3cc4ccccc4o3)c3nccn3n2)C1. The van der Waals surface area contributed by atoms with Gasteiger partial charge >= 0.3 is 0 Å². The zero-order valence-corrected chi connectivity index (χ0v) is 15.3. The zero-order valence-electron chi connectivity index (χ0n) is 15.3. The van der Waals surface area contributed by atoms with Crippen LogP contribution in [0.4, 0.5) is 0 Å². The number of para-hydroxylation sites is 1. The molecule has 0 N–H and O–H groups in total. The summed E-state index contributed by atoms with van der Waals surface area (Å²) in [5.41, 5.74) is 2.52. The minimum absolute atomic E-state index is 0.540. The minimum Gasteiger partial charge on any atom is -0.476 e. The maximum absolute atomic E-state index is 6.08. The lowest BCUT2D eigenvalue weighted by molar-refractivity contribution is 0.146. The molecule has 0 spiro atoms. The van der Waals surface area contributed by atoms with Crippen LogP contribution in [0.3, 0.4) is 0 Å². The Morgan fingerprint density at radius 1 is 1.26 bits per heavy atom. The molecule has 0 saturated carbocycles. The summed E-state index contributed by atoms with van der Waals surface area (Å²) in [7, 11) is 2.17. The van der Waals surface area contributed by atoms with Gasteiger partial charge in [0.25, 0.3) is 0 Å². The summed E-state index contributed by atoms with van der Waals surface area (Å²) in [6, 6.07) is 12.0. The first-order valence-corrected chi connectivity index (χ1v) is 9.41. The van der Waals surface area contributed by atoms with Gasteiger partial charge in [-0.15, -0.1) is 5.10 Å². The summed E-state index contributed by atoms with van der Waals surface area (Å²) in [6.07, 6.45) is 6.01. The Morgan fingerprint density at radius 2 is 2.19 bits per heavy atom. The number of likely N-dealkylation sites (tertiary alicyclic amines) is 1. The molecule has 4 aromatic rings. The molecule has 0 radical (unpaired) electrons. The van der Waals surface area contributed by atoms with Crippen molar-refractivity contribution >= 4 is 16.6 Å². The topological polar surface area (TPSA) is 55.8 Å². The smallest absolute Gasteiger partial charge is 0.232 e. The lowest BCUT2D eigenvalue weighted by atomic mass is 10.00. The minimum atomic E-state index is 0.540. The second-order valence-electron chi connectivity index (χ2n) is 7.32. The normalized spacial score (nSPS) is 18.3. The zero-order chi connectivity index (χ0) is 18.2. The first-order chi connectivity index (χ1) is 13.3. The van der Waals surface area contributed by atoms with E-state index in [0.717, 1.165) is 34.5 Å². The van der Waals surface area contributed by atoms with Crippen LogP contribution in [0.5, 0.6) is 5.88 Å². The summed E-state index contributed by atoms with van der Waals surface area (Å²) >= 11 is 0. The Bertz CT molecular complexity index is 1050. The number of piperidine rings is 1. The van der Waals surface area contributed by atoms with Gasteiger partial charge in [0.15, 0.2) is 5.65 Å². The van der Waals surface area contributed by atoms with E-state index in [4.69, 9.17) is 9.15 Å². The average Bonchev–Trinajstić information content (AvgIpc) is 3.32. The quantitative estimate of drug-likeness (QED) is 0.552. The van der Waals surface area contributed by atoms with E-state index in [0.29, 0.717) is 18.4 Å². The number of furan rings is 1. The molecular formula is C21H22N4O2. The van der Waals surface area contributed by atoms with E-state index in [1.165, 1.54) is 19.4 Å². The van der Waals surface area contributed by atoms with Crippen molar-refractivity contribution in [1.29, 1.82) is 0 Å². The Labute approximate surface area is 157 Å². The van der Waals surface area contributed by atoms with E-state index in [2.05, 4.69) is 22.0 Å². The van der Waals surface area contributed by atoms with Crippen LogP contribution >= 0.6 is 0 Å². The van der Waals surface area contributed by atoms with Crippen LogP contribution in [0.25, 0.3) is 27.9 Å². The number of aromatic nitrogens is 3. The number of fused-ring (bicyclic) bond motifs is 2. The van der Waals surface area contributed by atoms with E-state index in [1.54, 1.807) is 10.7 Å². The highest BCUT2D eigenvalue weighted by Gasteiger charge is 2.19. The van der Waals surface area contributed by atoms with E-state index >= 15 is 0 Å². The molecule has 1 atom stereocenters. The van der Waals surface area contributed by atoms with Gasteiger partial charge in [-0.25, -0.2) is 9.50 Å². The van der Waals surface area contributed by atoms with Crippen molar-refractivity contribution in [2.75, 3.05) is 26.7 Å². The highest BCUT2D eigenvalue weighted by Crippen LogP contribution is 2.31. The molecule has 138 valence electrons. The number of ether oxygens (including phenoxy) is 1. The monoisotopic (exact) mass is 362 g/mol. The predicted molar refractivity (Wildman–Crippen MR) is 104 cm³/mol. The highest BCUT2D eigenvalue weighted by molar-refractivity contribution is 5.86.